The summed E-state index contributed by atoms with van der Waals surface area (Å²) in [6.07, 6.45) is 2.96. The lowest BCUT2D eigenvalue weighted by Crippen LogP contribution is -2.19. The predicted octanol–water partition coefficient (Wildman–Crippen LogP) is 4.44. The van der Waals surface area contributed by atoms with Crippen molar-refractivity contribution < 1.29 is 14.5 Å². The van der Waals surface area contributed by atoms with Gasteiger partial charge in [-0.3, -0.25) is 14.9 Å². The second-order valence-corrected chi connectivity index (χ2v) is 7.36. The van der Waals surface area contributed by atoms with Crippen molar-refractivity contribution in [2.24, 2.45) is 4.99 Å². The summed E-state index contributed by atoms with van der Waals surface area (Å²) in [5.74, 6) is -0.448. The highest BCUT2D eigenvalue weighted by Gasteiger charge is 2.12. The first-order chi connectivity index (χ1) is 14.0. The molecule has 9 heteroatoms. The number of nitro benzene ring substituents is 1. The molecule has 150 valence electrons. The van der Waals surface area contributed by atoms with Crippen molar-refractivity contribution in [1.29, 1.82) is 0 Å². The summed E-state index contributed by atoms with van der Waals surface area (Å²) < 4.78 is 7.97. The Morgan fingerprint density at radius 3 is 2.86 bits per heavy atom. The maximum Gasteiger partial charge on any atom is 0.272 e. The first kappa shape index (κ1) is 20.9. The predicted molar refractivity (Wildman–Crippen MR) is 114 cm³/mol. The van der Waals surface area contributed by atoms with Crippen molar-refractivity contribution in [1.82, 2.24) is 4.57 Å². The van der Waals surface area contributed by atoms with E-state index in [0.717, 1.165) is 4.70 Å². The number of hydrogen-bond acceptors (Lipinski definition) is 5. The maximum absolute atomic E-state index is 12.4. The van der Waals surface area contributed by atoms with Gasteiger partial charge in [0, 0.05) is 36.4 Å². The lowest BCUT2D eigenvalue weighted by atomic mass is 10.2. The molecule has 0 spiro atoms. The number of fused-ring (bicyclic) bond motifs is 1. The fourth-order valence-electron chi connectivity index (χ4n) is 2.68. The summed E-state index contributed by atoms with van der Waals surface area (Å²) in [7, 11) is 0. The standard InChI is InChI=1S/C20H18ClN3O4S/c1-2-28-12-11-23-17-13-15(24(26)27)8-9-18(17)29-20(23)22-19(25)10-7-14-5-3-4-6-16(14)21/h3-10,13H,2,11-12H2,1H3/b10-7+,22-20?. The third-order valence-corrected chi connectivity index (χ3v) is 5.46. The molecule has 0 bridgehead atoms. The molecule has 0 saturated heterocycles. The highest BCUT2D eigenvalue weighted by atomic mass is 35.5. The van der Waals surface area contributed by atoms with Gasteiger partial charge in [-0.25, -0.2) is 0 Å². The Morgan fingerprint density at radius 2 is 2.14 bits per heavy atom. The van der Waals surface area contributed by atoms with E-state index in [1.54, 1.807) is 28.8 Å². The van der Waals surface area contributed by atoms with Crippen LogP contribution in [0.25, 0.3) is 16.3 Å². The van der Waals surface area contributed by atoms with Crippen molar-refractivity contribution in [3.8, 4) is 0 Å². The number of nitrogens with zero attached hydrogens (tertiary/aromatic N) is 3. The van der Waals surface area contributed by atoms with E-state index in [2.05, 4.69) is 4.99 Å². The van der Waals surface area contributed by atoms with Gasteiger partial charge in [0.25, 0.3) is 11.6 Å². The zero-order chi connectivity index (χ0) is 20.8. The second kappa shape index (κ2) is 9.60. The minimum absolute atomic E-state index is 0.0167. The van der Waals surface area contributed by atoms with E-state index in [1.807, 2.05) is 19.1 Å². The number of amides is 1. The van der Waals surface area contributed by atoms with Crippen molar-refractivity contribution in [2.75, 3.05) is 13.2 Å². The van der Waals surface area contributed by atoms with Crippen molar-refractivity contribution in [2.45, 2.75) is 13.5 Å². The Labute approximate surface area is 175 Å². The average Bonchev–Trinajstić information content (AvgIpc) is 3.04. The van der Waals surface area contributed by atoms with Crippen LogP contribution >= 0.6 is 22.9 Å². The summed E-state index contributed by atoms with van der Waals surface area (Å²) in [6, 6.07) is 11.8. The molecule has 0 aliphatic rings. The quantitative estimate of drug-likeness (QED) is 0.239. The number of rotatable bonds is 7. The average molecular weight is 432 g/mol. The van der Waals surface area contributed by atoms with Crippen LogP contribution in [0.3, 0.4) is 0 Å². The van der Waals surface area contributed by atoms with Gasteiger partial charge in [-0.05, 0) is 30.7 Å². The van der Waals surface area contributed by atoms with E-state index in [9.17, 15) is 14.9 Å². The Balaban J connectivity index is 1.99. The molecule has 1 heterocycles. The van der Waals surface area contributed by atoms with Crippen LogP contribution in [-0.2, 0) is 16.1 Å². The van der Waals surface area contributed by atoms with Gasteiger partial charge in [-0.2, -0.15) is 4.99 Å². The van der Waals surface area contributed by atoms with Gasteiger partial charge in [-0.1, -0.05) is 41.1 Å². The molecule has 0 aliphatic heterocycles. The van der Waals surface area contributed by atoms with Crippen molar-refractivity contribution in [3.05, 3.63) is 74.0 Å². The summed E-state index contributed by atoms with van der Waals surface area (Å²) in [5, 5.41) is 11.7. The van der Waals surface area contributed by atoms with Crippen molar-refractivity contribution in [3.63, 3.8) is 0 Å². The van der Waals surface area contributed by atoms with E-state index in [4.69, 9.17) is 16.3 Å². The van der Waals surface area contributed by atoms with Crippen LogP contribution < -0.4 is 4.80 Å². The molecule has 1 aromatic heterocycles. The Bertz CT molecular complexity index is 1150. The van der Waals surface area contributed by atoms with Gasteiger partial charge in [0.2, 0.25) is 0 Å². The lowest BCUT2D eigenvalue weighted by molar-refractivity contribution is -0.384. The zero-order valence-corrected chi connectivity index (χ0v) is 17.2. The molecule has 3 aromatic rings. The summed E-state index contributed by atoms with van der Waals surface area (Å²) in [4.78, 5) is 27.7. The summed E-state index contributed by atoms with van der Waals surface area (Å²) >= 11 is 7.39. The highest BCUT2D eigenvalue weighted by molar-refractivity contribution is 7.16. The van der Waals surface area contributed by atoms with Gasteiger partial charge in [-0.15, -0.1) is 0 Å². The molecule has 1 amide bonds. The van der Waals surface area contributed by atoms with Crippen LogP contribution in [0.4, 0.5) is 5.69 Å². The highest BCUT2D eigenvalue weighted by Crippen LogP contribution is 2.23. The molecule has 0 N–H and O–H groups in total. The molecule has 0 fully saturated rings. The van der Waals surface area contributed by atoms with Gasteiger partial charge < -0.3 is 9.30 Å². The third kappa shape index (κ3) is 5.17. The number of nitro groups is 1. The first-order valence-electron chi connectivity index (χ1n) is 8.86. The number of benzene rings is 2. The van der Waals surface area contributed by atoms with Gasteiger partial charge in [0.05, 0.1) is 21.7 Å². The largest absolute Gasteiger partial charge is 0.380 e. The van der Waals surface area contributed by atoms with Gasteiger partial charge >= 0.3 is 0 Å². The Kier molecular flexibility index (Phi) is 6.92. The van der Waals surface area contributed by atoms with Crippen LogP contribution in [0.1, 0.15) is 12.5 Å². The lowest BCUT2D eigenvalue weighted by Gasteiger charge is -2.05. The number of halogens is 1. The molecule has 3 rings (SSSR count). The number of aromatic nitrogens is 1. The molecule has 29 heavy (non-hydrogen) atoms. The summed E-state index contributed by atoms with van der Waals surface area (Å²) in [5.41, 5.74) is 1.34. The minimum atomic E-state index is -0.448. The molecule has 0 atom stereocenters. The number of non-ortho nitro benzene ring substituents is 1. The molecule has 0 unspecified atom stereocenters. The first-order valence-corrected chi connectivity index (χ1v) is 10.1. The van der Waals surface area contributed by atoms with Crippen LogP contribution in [0.2, 0.25) is 5.02 Å². The Morgan fingerprint density at radius 1 is 1.34 bits per heavy atom. The van der Waals surface area contributed by atoms with E-state index < -0.39 is 10.8 Å². The molecule has 0 aliphatic carbocycles. The van der Waals surface area contributed by atoms with Crippen molar-refractivity contribution >= 4 is 50.8 Å². The van der Waals surface area contributed by atoms with E-state index in [1.165, 1.54) is 29.5 Å². The number of carbonyl (C=O) groups excluding carboxylic acids is 1. The van der Waals surface area contributed by atoms with E-state index in [-0.39, 0.29) is 5.69 Å². The monoisotopic (exact) mass is 431 g/mol. The fraction of sp³-hybridized carbons (Fsp3) is 0.200. The molecule has 2 aromatic carbocycles. The fourth-order valence-corrected chi connectivity index (χ4v) is 3.92. The minimum Gasteiger partial charge on any atom is -0.380 e. The molecule has 0 radical (unpaired) electrons. The maximum atomic E-state index is 12.4. The molecular weight excluding hydrogens is 414 g/mol. The summed E-state index contributed by atoms with van der Waals surface area (Å²) in [6.45, 7) is 3.27. The number of hydrogen-bond donors (Lipinski definition) is 0. The third-order valence-electron chi connectivity index (χ3n) is 4.06. The number of carbonyl (C=O) groups is 1. The van der Waals surface area contributed by atoms with E-state index >= 15 is 0 Å². The van der Waals surface area contributed by atoms with Crippen LogP contribution in [-0.4, -0.2) is 28.6 Å². The van der Waals surface area contributed by atoms with Gasteiger partial charge in [0.15, 0.2) is 4.80 Å². The molecular formula is C20H18ClN3O4S. The normalized spacial score (nSPS) is 12.1. The smallest absolute Gasteiger partial charge is 0.272 e. The molecule has 7 nitrogen and oxygen atoms in total. The van der Waals surface area contributed by atoms with Crippen LogP contribution in [0.15, 0.2) is 53.5 Å². The van der Waals surface area contributed by atoms with Crippen LogP contribution in [0, 0.1) is 10.1 Å². The topological polar surface area (TPSA) is 86.7 Å². The SMILES string of the molecule is CCOCCn1c(=NC(=O)/C=C/c2ccccc2Cl)sc2ccc([N+](=O)[O-])cc21. The molecule has 0 saturated carbocycles. The number of ether oxygens (including phenoxy) is 1. The number of thiazole rings is 1. The zero-order valence-electron chi connectivity index (χ0n) is 15.6. The Hall–Kier alpha value is -2.81. The second-order valence-electron chi connectivity index (χ2n) is 5.95. The van der Waals surface area contributed by atoms with Gasteiger partial charge in [0.1, 0.15) is 0 Å². The van der Waals surface area contributed by atoms with E-state index in [0.29, 0.717) is 40.7 Å². The van der Waals surface area contributed by atoms with Crippen LogP contribution in [0.5, 0.6) is 0 Å².